The number of benzene rings is 1. The van der Waals surface area contributed by atoms with Crippen molar-refractivity contribution in [3.05, 3.63) is 29.8 Å². The van der Waals surface area contributed by atoms with Crippen LogP contribution in [0.2, 0.25) is 0 Å². The average Bonchev–Trinajstić information content (AvgIpc) is 2.16. The Balaban J connectivity index is 2.82. The molecule has 0 aromatic heterocycles. The van der Waals surface area contributed by atoms with Gasteiger partial charge in [-0.2, -0.15) is 8.78 Å². The zero-order valence-electron chi connectivity index (χ0n) is 7.54. The lowest BCUT2D eigenvalue weighted by Gasteiger charge is -2.12. The molecule has 15 heavy (non-hydrogen) atoms. The maximum atomic E-state index is 12.2. The molecule has 1 rings (SSSR count). The van der Waals surface area contributed by atoms with Crippen LogP contribution in [0.25, 0.3) is 0 Å². The first kappa shape index (κ1) is 11.8. The molecule has 0 fully saturated rings. The number of halogens is 4. The third kappa shape index (κ3) is 3.39. The van der Waals surface area contributed by atoms with Crippen molar-refractivity contribution in [2.45, 2.75) is 19.1 Å². The molecule has 6 heteroatoms. The van der Waals surface area contributed by atoms with Gasteiger partial charge in [-0.15, -0.1) is 0 Å². The molecule has 1 unspecified atom stereocenters. The molecule has 0 saturated carbocycles. The van der Waals surface area contributed by atoms with Crippen LogP contribution in [0.15, 0.2) is 24.3 Å². The van der Waals surface area contributed by atoms with E-state index in [9.17, 15) is 17.6 Å². The van der Waals surface area contributed by atoms with Crippen LogP contribution < -0.4 is 10.5 Å². The summed E-state index contributed by atoms with van der Waals surface area (Å²) in [6.45, 7) is -2.98. The van der Waals surface area contributed by atoms with Gasteiger partial charge >= 0.3 is 6.61 Å². The second-order valence-corrected chi connectivity index (χ2v) is 2.81. The Morgan fingerprint density at radius 2 is 1.80 bits per heavy atom. The quantitative estimate of drug-likeness (QED) is 0.796. The maximum Gasteiger partial charge on any atom is 0.387 e. The van der Waals surface area contributed by atoms with Crippen LogP contribution in [0.1, 0.15) is 11.6 Å². The van der Waals surface area contributed by atoms with E-state index in [0.29, 0.717) is 0 Å². The number of hydrogen-bond donors (Lipinski definition) is 1. The lowest BCUT2D eigenvalue weighted by molar-refractivity contribution is -0.0499. The largest absolute Gasteiger partial charge is 0.435 e. The normalized spacial score (nSPS) is 13.3. The molecule has 0 amide bonds. The average molecular weight is 223 g/mol. The van der Waals surface area contributed by atoms with Crippen molar-refractivity contribution in [2.75, 3.05) is 0 Å². The highest BCUT2D eigenvalue weighted by Crippen LogP contribution is 2.23. The first-order valence-corrected chi connectivity index (χ1v) is 4.09. The Kier molecular flexibility index (Phi) is 3.90. The zero-order valence-corrected chi connectivity index (χ0v) is 7.54. The minimum absolute atomic E-state index is 0.0585. The summed E-state index contributed by atoms with van der Waals surface area (Å²) in [5.74, 6) is -0.182. The van der Waals surface area contributed by atoms with Crippen LogP contribution >= 0.6 is 0 Å². The molecular weight excluding hydrogens is 214 g/mol. The van der Waals surface area contributed by atoms with Crippen molar-refractivity contribution in [2.24, 2.45) is 5.73 Å². The lowest BCUT2D eigenvalue weighted by atomic mass is 10.1. The Morgan fingerprint density at radius 3 is 2.33 bits per heavy atom. The topological polar surface area (TPSA) is 35.2 Å². The zero-order chi connectivity index (χ0) is 11.4. The second kappa shape index (κ2) is 4.97. The second-order valence-electron chi connectivity index (χ2n) is 2.81. The molecular formula is C9H9F4NO. The van der Waals surface area contributed by atoms with E-state index in [0.717, 1.165) is 6.07 Å². The number of alkyl halides is 4. The third-order valence-electron chi connectivity index (χ3n) is 1.74. The predicted octanol–water partition coefficient (Wildman–Crippen LogP) is 2.55. The van der Waals surface area contributed by atoms with Gasteiger partial charge in [-0.05, 0) is 17.7 Å². The predicted molar refractivity (Wildman–Crippen MR) is 46.0 cm³/mol. The molecule has 2 nitrogen and oxygen atoms in total. The summed E-state index contributed by atoms with van der Waals surface area (Å²) in [7, 11) is 0. The standard InChI is InChI=1S/C9H9F4NO/c10-8(11)7(14)5-2-1-3-6(4-5)15-9(12)13/h1-4,7-9H,14H2. The van der Waals surface area contributed by atoms with Gasteiger partial charge < -0.3 is 10.5 Å². The van der Waals surface area contributed by atoms with Crippen LogP contribution in [0.5, 0.6) is 5.75 Å². The van der Waals surface area contributed by atoms with E-state index in [-0.39, 0.29) is 11.3 Å². The van der Waals surface area contributed by atoms with Gasteiger partial charge in [-0.3, -0.25) is 0 Å². The molecule has 0 aliphatic rings. The maximum absolute atomic E-state index is 12.2. The van der Waals surface area contributed by atoms with E-state index < -0.39 is 19.1 Å². The summed E-state index contributed by atoms with van der Waals surface area (Å²) in [6.07, 6.45) is -2.74. The van der Waals surface area contributed by atoms with Gasteiger partial charge in [0.1, 0.15) is 5.75 Å². The number of nitrogens with two attached hydrogens (primary N) is 1. The highest BCUT2D eigenvalue weighted by molar-refractivity contribution is 5.30. The molecule has 0 spiro atoms. The van der Waals surface area contributed by atoms with Gasteiger partial charge in [0.15, 0.2) is 0 Å². The highest BCUT2D eigenvalue weighted by Gasteiger charge is 2.18. The molecule has 84 valence electrons. The summed E-state index contributed by atoms with van der Waals surface area (Å²) < 4.78 is 52.1. The number of rotatable bonds is 4. The van der Waals surface area contributed by atoms with Crippen molar-refractivity contribution in [3.8, 4) is 5.75 Å². The van der Waals surface area contributed by atoms with Crippen molar-refractivity contribution in [1.29, 1.82) is 0 Å². The van der Waals surface area contributed by atoms with E-state index in [1.807, 2.05) is 0 Å². The van der Waals surface area contributed by atoms with Gasteiger partial charge in [0.2, 0.25) is 0 Å². The summed E-state index contributed by atoms with van der Waals surface area (Å²) >= 11 is 0. The Labute approximate surface area is 83.6 Å². The van der Waals surface area contributed by atoms with E-state index in [1.165, 1.54) is 18.2 Å². The fraction of sp³-hybridized carbons (Fsp3) is 0.333. The number of hydrogen-bond acceptors (Lipinski definition) is 2. The molecule has 0 aliphatic carbocycles. The molecule has 0 aliphatic heterocycles. The van der Waals surface area contributed by atoms with Gasteiger partial charge in [0.05, 0.1) is 6.04 Å². The van der Waals surface area contributed by atoms with Crippen LogP contribution in [-0.4, -0.2) is 13.0 Å². The Morgan fingerprint density at radius 1 is 1.13 bits per heavy atom. The Bertz CT molecular complexity index is 319. The summed E-state index contributed by atoms with van der Waals surface area (Å²) in [5.41, 5.74) is 5.20. The molecule has 1 aromatic rings. The molecule has 1 aromatic carbocycles. The summed E-state index contributed by atoms with van der Waals surface area (Å²) in [6, 6.07) is 3.48. The lowest BCUT2D eigenvalue weighted by Crippen LogP contribution is -2.18. The molecule has 0 heterocycles. The van der Waals surface area contributed by atoms with Crippen LogP contribution in [0, 0.1) is 0 Å². The van der Waals surface area contributed by atoms with Gasteiger partial charge in [0, 0.05) is 0 Å². The number of ether oxygens (including phenoxy) is 1. The van der Waals surface area contributed by atoms with E-state index in [4.69, 9.17) is 5.73 Å². The van der Waals surface area contributed by atoms with Crippen molar-refractivity contribution >= 4 is 0 Å². The van der Waals surface area contributed by atoms with E-state index in [1.54, 1.807) is 0 Å². The molecule has 0 radical (unpaired) electrons. The van der Waals surface area contributed by atoms with Crippen LogP contribution in [0.3, 0.4) is 0 Å². The molecule has 0 saturated heterocycles. The summed E-state index contributed by atoms with van der Waals surface area (Å²) in [5, 5.41) is 0. The van der Waals surface area contributed by atoms with Gasteiger partial charge in [-0.25, -0.2) is 8.78 Å². The fourth-order valence-electron chi connectivity index (χ4n) is 1.04. The molecule has 2 N–H and O–H groups in total. The highest BCUT2D eigenvalue weighted by atomic mass is 19.3. The summed E-state index contributed by atoms with van der Waals surface area (Å²) in [4.78, 5) is 0. The van der Waals surface area contributed by atoms with Crippen molar-refractivity contribution in [3.63, 3.8) is 0 Å². The van der Waals surface area contributed by atoms with E-state index >= 15 is 0 Å². The van der Waals surface area contributed by atoms with Gasteiger partial charge in [0.25, 0.3) is 6.43 Å². The molecule has 0 bridgehead atoms. The SMILES string of the molecule is NC(c1cccc(OC(F)F)c1)C(F)F. The van der Waals surface area contributed by atoms with Crippen LogP contribution in [-0.2, 0) is 0 Å². The Hall–Kier alpha value is -1.30. The minimum atomic E-state index is -2.98. The first-order chi connectivity index (χ1) is 7.00. The smallest absolute Gasteiger partial charge is 0.387 e. The minimum Gasteiger partial charge on any atom is -0.435 e. The fourth-order valence-corrected chi connectivity index (χ4v) is 1.04. The van der Waals surface area contributed by atoms with E-state index in [2.05, 4.69) is 4.74 Å². The van der Waals surface area contributed by atoms with Crippen molar-refractivity contribution in [1.82, 2.24) is 0 Å². The third-order valence-corrected chi connectivity index (χ3v) is 1.74. The van der Waals surface area contributed by atoms with Crippen molar-refractivity contribution < 1.29 is 22.3 Å². The monoisotopic (exact) mass is 223 g/mol. The first-order valence-electron chi connectivity index (χ1n) is 4.09. The van der Waals surface area contributed by atoms with Gasteiger partial charge in [-0.1, -0.05) is 12.1 Å². The molecule has 1 atom stereocenters. The van der Waals surface area contributed by atoms with Crippen LogP contribution in [0.4, 0.5) is 17.6 Å².